The summed E-state index contributed by atoms with van der Waals surface area (Å²) in [4.78, 5) is 49.4. The molecular formula is C58H62ClF3N2O6. The summed E-state index contributed by atoms with van der Waals surface area (Å²) in [6, 6.07) is 33.8. The lowest BCUT2D eigenvalue weighted by Gasteiger charge is -2.21. The number of hydrogen-bond acceptors (Lipinski definition) is 4. The number of benzene rings is 5. The highest BCUT2D eigenvalue weighted by atomic mass is 35.5. The van der Waals surface area contributed by atoms with Crippen molar-refractivity contribution < 1.29 is 42.6 Å². The van der Waals surface area contributed by atoms with Gasteiger partial charge in [-0.25, -0.2) is 9.59 Å². The summed E-state index contributed by atoms with van der Waals surface area (Å²) in [6.07, 6.45) is 12.3. The average Bonchev–Trinajstić information content (AvgIpc) is 3.35. The van der Waals surface area contributed by atoms with E-state index >= 15 is 0 Å². The molecule has 0 aliphatic rings. The Morgan fingerprint density at radius 3 is 1.54 bits per heavy atom. The van der Waals surface area contributed by atoms with E-state index in [-0.39, 0.29) is 19.6 Å². The number of aliphatic carboxylic acids is 2. The smallest absolute Gasteiger partial charge is 0.416 e. The SMILES string of the molecule is CCCCCCCCCCC#Cc1ccc(N(Cc2ccc(C(F)(F)F)cc2)C(=O)C(=O)O)cc1.CCCCCCc1ccc(C#Cc2ccc(CN(Cc3cccc(Cl)c3)C(=O)C(=O)O)cc2)cc1. The van der Waals surface area contributed by atoms with E-state index in [1.165, 1.54) is 86.8 Å². The van der Waals surface area contributed by atoms with E-state index in [4.69, 9.17) is 11.6 Å². The number of aryl methyl sites for hydroxylation is 1. The van der Waals surface area contributed by atoms with Gasteiger partial charge in [-0.1, -0.05) is 162 Å². The van der Waals surface area contributed by atoms with Crippen molar-refractivity contribution in [3.8, 4) is 23.7 Å². The van der Waals surface area contributed by atoms with Crippen molar-refractivity contribution in [3.05, 3.63) is 171 Å². The van der Waals surface area contributed by atoms with E-state index in [1.807, 2.05) is 30.3 Å². The van der Waals surface area contributed by atoms with Gasteiger partial charge in [-0.3, -0.25) is 14.5 Å². The first-order chi connectivity index (χ1) is 33.7. The number of nitrogens with zero attached hydrogens (tertiary/aromatic N) is 2. The van der Waals surface area contributed by atoms with Gasteiger partial charge in [-0.05, 0) is 114 Å². The van der Waals surface area contributed by atoms with Crippen molar-refractivity contribution in [1.82, 2.24) is 4.90 Å². The predicted molar refractivity (Wildman–Crippen MR) is 271 cm³/mol. The Morgan fingerprint density at radius 2 is 1.00 bits per heavy atom. The van der Waals surface area contributed by atoms with Crippen LogP contribution < -0.4 is 4.90 Å². The average molecular weight is 976 g/mol. The molecule has 0 unspecified atom stereocenters. The minimum Gasteiger partial charge on any atom is -0.474 e. The second kappa shape index (κ2) is 29.9. The van der Waals surface area contributed by atoms with Crippen LogP contribution >= 0.6 is 11.6 Å². The van der Waals surface area contributed by atoms with E-state index in [1.54, 1.807) is 42.5 Å². The molecular weight excluding hydrogens is 913 g/mol. The summed E-state index contributed by atoms with van der Waals surface area (Å²) in [6.45, 7) is 4.58. The normalized spacial score (nSPS) is 10.7. The van der Waals surface area contributed by atoms with E-state index in [0.717, 1.165) is 70.5 Å². The summed E-state index contributed by atoms with van der Waals surface area (Å²) in [7, 11) is 0. The lowest BCUT2D eigenvalue weighted by molar-refractivity contribution is -0.156. The number of hydrogen-bond donors (Lipinski definition) is 2. The number of carbonyl (C=O) groups is 4. The van der Waals surface area contributed by atoms with E-state index in [0.29, 0.717) is 16.3 Å². The number of carboxylic acid groups (broad SMARTS) is 2. The molecule has 5 rings (SSSR count). The Kier molecular flexibility index (Phi) is 23.8. The van der Waals surface area contributed by atoms with Gasteiger partial charge >= 0.3 is 29.9 Å². The molecule has 0 heterocycles. The fourth-order valence-corrected chi connectivity index (χ4v) is 7.59. The lowest BCUT2D eigenvalue weighted by atomic mass is 10.0. The number of carbonyl (C=O) groups excluding carboxylic acids is 2. The maximum atomic E-state index is 12.8. The topological polar surface area (TPSA) is 115 Å². The Balaban J connectivity index is 0.000000305. The minimum absolute atomic E-state index is 0.155. The zero-order valence-electron chi connectivity index (χ0n) is 40.0. The molecule has 0 aliphatic heterocycles. The third-order valence-corrected chi connectivity index (χ3v) is 11.5. The third-order valence-electron chi connectivity index (χ3n) is 11.3. The molecule has 2 N–H and O–H groups in total. The largest absolute Gasteiger partial charge is 0.474 e. The molecule has 5 aromatic carbocycles. The maximum Gasteiger partial charge on any atom is 0.416 e. The third kappa shape index (κ3) is 20.4. The van der Waals surface area contributed by atoms with Gasteiger partial charge in [0.05, 0.1) is 12.1 Å². The van der Waals surface area contributed by atoms with Crippen LogP contribution in [0.4, 0.5) is 18.9 Å². The summed E-state index contributed by atoms with van der Waals surface area (Å²) in [5.41, 5.74) is 5.37. The van der Waals surface area contributed by atoms with Crippen molar-refractivity contribution in [3.63, 3.8) is 0 Å². The lowest BCUT2D eigenvalue weighted by Crippen LogP contribution is -2.36. The molecule has 12 heteroatoms. The fourth-order valence-electron chi connectivity index (χ4n) is 7.37. The Bertz CT molecular complexity index is 2560. The number of anilines is 1. The van der Waals surface area contributed by atoms with Crippen molar-refractivity contribution in [2.45, 2.75) is 130 Å². The minimum atomic E-state index is -4.47. The molecule has 0 atom stereocenters. The quantitative estimate of drug-likeness (QED) is 0.0456. The first-order valence-electron chi connectivity index (χ1n) is 23.9. The molecule has 0 saturated heterocycles. The van der Waals surface area contributed by atoms with Crippen LogP contribution in [0.3, 0.4) is 0 Å². The first kappa shape index (κ1) is 55.8. The van der Waals surface area contributed by atoms with Gasteiger partial charge in [0.15, 0.2) is 0 Å². The van der Waals surface area contributed by atoms with Gasteiger partial charge in [0.2, 0.25) is 0 Å². The molecule has 5 aromatic rings. The molecule has 0 saturated carbocycles. The van der Waals surface area contributed by atoms with E-state index in [2.05, 4.69) is 61.8 Å². The number of unbranched alkanes of at least 4 members (excludes halogenated alkanes) is 11. The molecule has 0 bridgehead atoms. The number of halogens is 4. The fraction of sp³-hybridized carbons (Fsp3) is 0.345. The second-order valence-electron chi connectivity index (χ2n) is 17.0. The van der Waals surface area contributed by atoms with Crippen LogP contribution in [0.2, 0.25) is 5.02 Å². The van der Waals surface area contributed by atoms with Gasteiger partial charge in [-0.2, -0.15) is 13.2 Å². The molecule has 2 amide bonds. The Hall–Kier alpha value is -6.82. The van der Waals surface area contributed by atoms with Crippen molar-refractivity contribution in [2.24, 2.45) is 0 Å². The van der Waals surface area contributed by atoms with Crippen LogP contribution in [0.1, 0.15) is 142 Å². The maximum absolute atomic E-state index is 12.8. The van der Waals surface area contributed by atoms with Crippen LogP contribution in [-0.4, -0.2) is 38.9 Å². The molecule has 368 valence electrons. The molecule has 70 heavy (non-hydrogen) atoms. The summed E-state index contributed by atoms with van der Waals surface area (Å²) in [5.74, 6) is 7.32. The van der Waals surface area contributed by atoms with Gasteiger partial charge < -0.3 is 15.1 Å². The standard InChI is InChI=1S/C30H30ClNO3.C28H32F3NO3/c1-2-3-4-5-7-23-10-12-24(13-11-23)14-15-25-16-18-26(19-17-25)21-32(29(33)30(34)35)22-27-8-6-9-28(31)20-27;1-2-3-4-5-6-7-8-9-10-11-12-22-15-19-25(20-16-22)32(26(33)27(34)35)21-23-13-17-24(18-14-23)28(29,30)31/h6,8-13,16-20H,2-5,7,21-22H2,1H3,(H,34,35);13-20H,2-10,21H2,1H3,(H,34,35). The van der Waals surface area contributed by atoms with Crippen LogP contribution in [0, 0.1) is 23.7 Å². The Labute approximate surface area is 415 Å². The van der Waals surface area contributed by atoms with Crippen LogP contribution in [0.25, 0.3) is 0 Å². The van der Waals surface area contributed by atoms with Gasteiger partial charge in [0.1, 0.15) is 0 Å². The molecule has 0 aromatic heterocycles. The highest BCUT2D eigenvalue weighted by Gasteiger charge is 2.30. The molecule has 0 fully saturated rings. The van der Waals surface area contributed by atoms with Crippen molar-refractivity contribution in [2.75, 3.05) is 4.90 Å². The van der Waals surface area contributed by atoms with Crippen molar-refractivity contribution >= 4 is 41.0 Å². The number of alkyl halides is 3. The second-order valence-corrected chi connectivity index (χ2v) is 17.5. The highest BCUT2D eigenvalue weighted by molar-refractivity contribution is 6.37. The van der Waals surface area contributed by atoms with E-state index < -0.39 is 35.5 Å². The number of carboxylic acids is 2. The van der Waals surface area contributed by atoms with E-state index in [9.17, 15) is 42.6 Å². The van der Waals surface area contributed by atoms with Gasteiger partial charge in [-0.15, -0.1) is 0 Å². The van der Waals surface area contributed by atoms with Gasteiger partial charge in [0, 0.05) is 46.9 Å². The Morgan fingerprint density at radius 1 is 0.529 bits per heavy atom. The van der Waals surface area contributed by atoms with Gasteiger partial charge in [0.25, 0.3) is 0 Å². The van der Waals surface area contributed by atoms with Crippen LogP contribution in [0.5, 0.6) is 0 Å². The summed E-state index contributed by atoms with van der Waals surface area (Å²) < 4.78 is 38.4. The van der Waals surface area contributed by atoms with Crippen LogP contribution in [-0.2, 0) is 51.4 Å². The molecule has 0 aliphatic carbocycles. The zero-order chi connectivity index (χ0) is 50.7. The zero-order valence-corrected chi connectivity index (χ0v) is 40.8. The summed E-state index contributed by atoms with van der Waals surface area (Å²) in [5, 5.41) is 19.0. The number of rotatable bonds is 20. The molecule has 0 radical (unpaired) electrons. The monoisotopic (exact) mass is 974 g/mol. The first-order valence-corrected chi connectivity index (χ1v) is 24.3. The molecule has 8 nitrogen and oxygen atoms in total. The predicted octanol–water partition coefficient (Wildman–Crippen LogP) is 13.7. The number of amides is 2. The summed E-state index contributed by atoms with van der Waals surface area (Å²) >= 11 is 6.03. The van der Waals surface area contributed by atoms with Crippen LogP contribution in [0.15, 0.2) is 121 Å². The highest BCUT2D eigenvalue weighted by Crippen LogP contribution is 2.30. The van der Waals surface area contributed by atoms with Crippen molar-refractivity contribution in [1.29, 1.82) is 0 Å². The molecule has 0 spiro atoms.